The molecule has 2 N–H and O–H groups in total. The summed E-state index contributed by atoms with van der Waals surface area (Å²) in [5.41, 5.74) is 3.88. The summed E-state index contributed by atoms with van der Waals surface area (Å²) in [7, 11) is 3.37. The predicted octanol–water partition coefficient (Wildman–Crippen LogP) is 4.62. The van der Waals surface area contributed by atoms with Crippen LogP contribution in [0.3, 0.4) is 0 Å². The second kappa shape index (κ2) is 8.71. The fraction of sp³-hybridized carbons (Fsp3) is 0.333. The van der Waals surface area contributed by atoms with Crippen molar-refractivity contribution in [3.63, 3.8) is 0 Å². The Bertz CT molecular complexity index is 979. The van der Waals surface area contributed by atoms with E-state index in [-0.39, 0.29) is 17.2 Å². The molecule has 0 bridgehead atoms. The predicted molar refractivity (Wildman–Crippen MR) is 117 cm³/mol. The number of amides is 1. The Labute approximate surface area is 176 Å². The largest absolute Gasteiger partial charge is 0.497 e. The minimum absolute atomic E-state index is 0.0123. The molecule has 30 heavy (non-hydrogen) atoms. The zero-order valence-corrected chi connectivity index (χ0v) is 17.4. The van der Waals surface area contributed by atoms with Crippen molar-refractivity contribution >= 4 is 11.6 Å². The van der Waals surface area contributed by atoms with Crippen LogP contribution in [0.5, 0.6) is 5.75 Å². The lowest BCUT2D eigenvalue weighted by atomic mass is 9.86. The van der Waals surface area contributed by atoms with E-state index in [1.165, 1.54) is 0 Å². The van der Waals surface area contributed by atoms with Crippen molar-refractivity contribution in [2.75, 3.05) is 26.1 Å². The number of rotatable bonds is 9. The lowest BCUT2D eigenvalue weighted by molar-refractivity contribution is -0.118. The molecule has 156 valence electrons. The van der Waals surface area contributed by atoms with Crippen molar-refractivity contribution in [1.82, 2.24) is 10.2 Å². The highest BCUT2D eigenvalue weighted by molar-refractivity contribution is 5.96. The fourth-order valence-corrected chi connectivity index (χ4v) is 3.93. The van der Waals surface area contributed by atoms with Gasteiger partial charge in [-0.25, -0.2) is 0 Å². The number of aromatic nitrogens is 2. The van der Waals surface area contributed by atoms with Crippen LogP contribution in [0.2, 0.25) is 0 Å². The molecule has 1 amide bonds. The molecule has 3 aromatic rings. The average Bonchev–Trinajstić information content (AvgIpc) is 3.30. The molecular weight excluding hydrogens is 378 g/mol. The van der Waals surface area contributed by atoms with Gasteiger partial charge in [0, 0.05) is 24.6 Å². The number of benzene rings is 2. The first kappa shape index (κ1) is 20.2. The Morgan fingerprint density at radius 3 is 2.60 bits per heavy atom. The van der Waals surface area contributed by atoms with Crippen LogP contribution in [0.15, 0.2) is 60.9 Å². The molecular formula is C24H27N3O3. The van der Waals surface area contributed by atoms with Crippen LogP contribution in [-0.2, 0) is 9.53 Å². The first-order valence-corrected chi connectivity index (χ1v) is 10.2. The third kappa shape index (κ3) is 4.54. The van der Waals surface area contributed by atoms with Gasteiger partial charge >= 0.3 is 0 Å². The first-order chi connectivity index (χ1) is 14.6. The molecule has 1 aliphatic rings. The van der Waals surface area contributed by atoms with Crippen LogP contribution in [0.25, 0.3) is 11.1 Å². The molecule has 1 aromatic heterocycles. The summed E-state index contributed by atoms with van der Waals surface area (Å²) >= 11 is 0. The third-order valence-corrected chi connectivity index (χ3v) is 5.84. The van der Waals surface area contributed by atoms with Gasteiger partial charge in [-0.2, -0.15) is 5.10 Å². The highest BCUT2D eigenvalue weighted by Gasteiger charge is 2.45. The topological polar surface area (TPSA) is 76.2 Å². The molecule has 6 heteroatoms. The minimum atomic E-state index is -0.272. The van der Waals surface area contributed by atoms with E-state index in [4.69, 9.17) is 9.47 Å². The summed E-state index contributed by atoms with van der Waals surface area (Å²) in [6, 6.07) is 15.6. The number of anilines is 1. The maximum absolute atomic E-state index is 13.3. The second-order valence-corrected chi connectivity index (χ2v) is 8.02. The van der Waals surface area contributed by atoms with Crippen LogP contribution in [0.4, 0.5) is 5.69 Å². The number of ether oxygens (including phenoxy) is 2. The number of hydrogen-bond donors (Lipinski definition) is 2. The van der Waals surface area contributed by atoms with Gasteiger partial charge in [0.25, 0.3) is 0 Å². The van der Waals surface area contributed by atoms with Gasteiger partial charge in [-0.15, -0.1) is 0 Å². The lowest BCUT2D eigenvalue weighted by Gasteiger charge is -2.23. The molecule has 1 fully saturated rings. The van der Waals surface area contributed by atoms with E-state index in [9.17, 15) is 4.79 Å². The molecule has 1 heterocycles. The number of aromatic amines is 1. The van der Waals surface area contributed by atoms with Gasteiger partial charge in [0.05, 0.1) is 25.8 Å². The molecule has 4 rings (SSSR count). The maximum Gasteiger partial charge on any atom is 0.231 e. The lowest BCUT2D eigenvalue weighted by Crippen LogP contribution is -2.25. The highest BCUT2D eigenvalue weighted by atomic mass is 16.5. The Balaban J connectivity index is 1.54. The molecule has 2 aromatic carbocycles. The molecule has 0 saturated heterocycles. The normalized spacial score (nSPS) is 15.4. The minimum Gasteiger partial charge on any atom is -0.497 e. The SMILES string of the molecule is COCC1(CC(C(=O)Nc2ccc(-c3cn[nH]c3)cc2)c2cccc(OC)c2)CC1. The number of hydrogen-bond acceptors (Lipinski definition) is 4. The summed E-state index contributed by atoms with van der Waals surface area (Å²) in [6.07, 6.45) is 6.56. The molecule has 0 spiro atoms. The zero-order chi connectivity index (χ0) is 21.0. The zero-order valence-electron chi connectivity index (χ0n) is 17.4. The van der Waals surface area contributed by atoms with Crippen molar-refractivity contribution in [3.8, 4) is 16.9 Å². The Morgan fingerprint density at radius 1 is 1.17 bits per heavy atom. The average molecular weight is 405 g/mol. The van der Waals surface area contributed by atoms with Crippen LogP contribution in [-0.4, -0.2) is 36.9 Å². The van der Waals surface area contributed by atoms with E-state index in [0.717, 1.165) is 47.4 Å². The number of H-pyrrole nitrogens is 1. The van der Waals surface area contributed by atoms with Crippen LogP contribution in [0.1, 0.15) is 30.7 Å². The summed E-state index contributed by atoms with van der Waals surface area (Å²) in [5, 5.41) is 9.89. The molecule has 0 aliphatic heterocycles. The quantitative estimate of drug-likeness (QED) is 0.544. The van der Waals surface area contributed by atoms with Crippen molar-refractivity contribution in [1.29, 1.82) is 0 Å². The van der Waals surface area contributed by atoms with Gasteiger partial charge < -0.3 is 14.8 Å². The van der Waals surface area contributed by atoms with Crippen LogP contribution >= 0.6 is 0 Å². The van der Waals surface area contributed by atoms with Gasteiger partial charge in [-0.1, -0.05) is 24.3 Å². The van der Waals surface area contributed by atoms with E-state index < -0.39 is 0 Å². The summed E-state index contributed by atoms with van der Waals surface area (Å²) in [4.78, 5) is 13.3. The fourth-order valence-electron chi connectivity index (χ4n) is 3.93. The third-order valence-electron chi connectivity index (χ3n) is 5.84. The van der Waals surface area contributed by atoms with Gasteiger partial charge in [0.1, 0.15) is 5.75 Å². The van der Waals surface area contributed by atoms with Crippen LogP contribution < -0.4 is 10.1 Å². The summed E-state index contributed by atoms with van der Waals surface area (Å²) < 4.78 is 10.8. The van der Waals surface area contributed by atoms with E-state index in [1.807, 2.05) is 54.7 Å². The number of methoxy groups -OCH3 is 2. The molecule has 1 unspecified atom stereocenters. The van der Waals surface area contributed by atoms with E-state index >= 15 is 0 Å². The summed E-state index contributed by atoms with van der Waals surface area (Å²) in [6.45, 7) is 0.681. The number of nitrogens with zero attached hydrogens (tertiary/aromatic N) is 1. The van der Waals surface area contributed by atoms with Crippen molar-refractivity contribution < 1.29 is 14.3 Å². The molecule has 0 radical (unpaired) electrons. The molecule has 1 saturated carbocycles. The molecule has 6 nitrogen and oxygen atoms in total. The number of nitrogens with one attached hydrogen (secondary N) is 2. The Morgan fingerprint density at radius 2 is 1.97 bits per heavy atom. The number of carbonyl (C=O) groups excluding carboxylic acids is 1. The standard InChI is InChI=1S/C24H27N3O3/c1-29-16-24(10-11-24)13-22(18-4-3-5-21(12-18)30-2)23(28)27-20-8-6-17(7-9-20)19-14-25-26-15-19/h3-9,12,14-15,22H,10-11,13,16H2,1-2H3,(H,25,26)(H,27,28). The highest BCUT2D eigenvalue weighted by Crippen LogP contribution is 2.52. The van der Waals surface area contributed by atoms with E-state index in [1.54, 1.807) is 20.4 Å². The summed E-state index contributed by atoms with van der Waals surface area (Å²) in [5.74, 6) is 0.472. The Hall–Kier alpha value is -3.12. The van der Waals surface area contributed by atoms with E-state index in [2.05, 4.69) is 15.5 Å². The van der Waals surface area contributed by atoms with Gasteiger partial charge in [-0.3, -0.25) is 9.89 Å². The van der Waals surface area contributed by atoms with Crippen molar-refractivity contribution in [3.05, 3.63) is 66.5 Å². The molecule has 1 aliphatic carbocycles. The first-order valence-electron chi connectivity index (χ1n) is 10.2. The van der Waals surface area contributed by atoms with Gasteiger partial charge in [0.2, 0.25) is 5.91 Å². The second-order valence-electron chi connectivity index (χ2n) is 8.02. The maximum atomic E-state index is 13.3. The monoisotopic (exact) mass is 405 g/mol. The smallest absolute Gasteiger partial charge is 0.231 e. The van der Waals surface area contributed by atoms with Crippen LogP contribution in [0, 0.1) is 5.41 Å². The van der Waals surface area contributed by atoms with Crippen molar-refractivity contribution in [2.45, 2.75) is 25.2 Å². The number of carbonyl (C=O) groups is 1. The van der Waals surface area contributed by atoms with Gasteiger partial charge in [-0.05, 0) is 60.1 Å². The van der Waals surface area contributed by atoms with Gasteiger partial charge in [0.15, 0.2) is 0 Å². The Kier molecular flexibility index (Phi) is 5.86. The molecule has 1 atom stereocenters. The van der Waals surface area contributed by atoms with E-state index in [0.29, 0.717) is 6.61 Å². The van der Waals surface area contributed by atoms with Crippen molar-refractivity contribution in [2.24, 2.45) is 5.41 Å².